The van der Waals surface area contributed by atoms with Gasteiger partial charge in [0.1, 0.15) is 5.69 Å². The fourth-order valence-electron chi connectivity index (χ4n) is 1.89. The minimum absolute atomic E-state index is 0.0126. The van der Waals surface area contributed by atoms with Crippen molar-refractivity contribution in [1.82, 2.24) is 4.57 Å². The van der Waals surface area contributed by atoms with E-state index in [1.807, 2.05) is 59.9 Å². The monoisotopic (exact) mass is 272 g/mol. The minimum Gasteiger partial charge on any atom is -0.379 e. The highest BCUT2D eigenvalue weighted by Crippen LogP contribution is 2.28. The molecule has 0 radical (unpaired) electrons. The summed E-state index contributed by atoms with van der Waals surface area (Å²) in [5.74, 6) is 0.801. The summed E-state index contributed by atoms with van der Waals surface area (Å²) >= 11 is 0. The van der Waals surface area contributed by atoms with Crippen molar-refractivity contribution in [1.29, 1.82) is 0 Å². The Morgan fingerprint density at radius 1 is 1.15 bits per heavy atom. The fourth-order valence-corrected chi connectivity index (χ4v) is 1.89. The fraction of sp³-hybridized carbons (Fsp3) is 0.400. The van der Waals surface area contributed by atoms with Crippen molar-refractivity contribution in [2.24, 2.45) is 24.3 Å². The molecule has 1 aromatic heterocycles. The molecule has 20 heavy (non-hydrogen) atoms. The van der Waals surface area contributed by atoms with E-state index in [1.165, 1.54) is 0 Å². The van der Waals surface area contributed by atoms with E-state index in [1.54, 1.807) is 0 Å². The second-order valence-corrected chi connectivity index (χ2v) is 5.91. The first kappa shape index (κ1) is 14.2. The van der Waals surface area contributed by atoms with Gasteiger partial charge in [-0.1, -0.05) is 17.2 Å². The lowest BCUT2D eigenvalue weighted by atomic mass is 10.1. The molecule has 0 aliphatic heterocycles. The average molecular weight is 272 g/mol. The standard InChI is InChI=1S/C15H21N5/c1-15(2,3)16-12-8-6-7-9-13(12)17-18-14-19(4)10-11-20(14)5/h6-11H,1-5H3/p+1. The molecule has 2 aromatic rings. The Kier molecular flexibility index (Phi) is 3.88. The van der Waals surface area contributed by atoms with Gasteiger partial charge in [-0.2, -0.15) is 0 Å². The topological polar surface area (TPSA) is 45.6 Å². The maximum Gasteiger partial charge on any atom is 0.421 e. The number of imidazole rings is 1. The van der Waals surface area contributed by atoms with Crippen molar-refractivity contribution in [3.63, 3.8) is 0 Å². The Bertz CT molecular complexity index is 600. The van der Waals surface area contributed by atoms with Crippen LogP contribution in [0.5, 0.6) is 0 Å². The first-order valence-corrected chi connectivity index (χ1v) is 6.67. The number of azo groups is 1. The second-order valence-electron chi connectivity index (χ2n) is 5.91. The lowest BCUT2D eigenvalue weighted by Crippen LogP contribution is -2.26. The Labute approximate surface area is 120 Å². The van der Waals surface area contributed by atoms with Gasteiger partial charge < -0.3 is 5.32 Å². The molecule has 0 unspecified atom stereocenters. The Morgan fingerprint density at radius 2 is 1.85 bits per heavy atom. The highest BCUT2D eigenvalue weighted by atomic mass is 15.3. The number of rotatable bonds is 3. The molecule has 2 rings (SSSR count). The third kappa shape index (κ3) is 3.44. The Hall–Kier alpha value is -2.17. The molecule has 0 aliphatic rings. The van der Waals surface area contributed by atoms with Gasteiger partial charge in [-0.3, -0.25) is 0 Å². The molecule has 5 heteroatoms. The molecule has 0 spiro atoms. The number of para-hydroxylation sites is 1. The van der Waals surface area contributed by atoms with E-state index in [-0.39, 0.29) is 5.54 Å². The van der Waals surface area contributed by atoms with Gasteiger partial charge in [0.05, 0.1) is 32.2 Å². The van der Waals surface area contributed by atoms with Gasteiger partial charge in [-0.25, -0.2) is 9.13 Å². The Balaban J connectivity index is 2.30. The maximum atomic E-state index is 4.38. The summed E-state index contributed by atoms with van der Waals surface area (Å²) in [4.78, 5) is 0. The average Bonchev–Trinajstić information content (AvgIpc) is 2.66. The van der Waals surface area contributed by atoms with E-state index in [0.29, 0.717) is 0 Å². The van der Waals surface area contributed by atoms with Crippen molar-refractivity contribution in [3.05, 3.63) is 36.7 Å². The first-order valence-electron chi connectivity index (χ1n) is 6.67. The van der Waals surface area contributed by atoms with Crippen molar-refractivity contribution >= 4 is 17.3 Å². The SMILES string of the molecule is Cn1cc[n+](C)c1N=Nc1ccccc1NC(C)(C)C. The molecule has 0 aliphatic carbocycles. The van der Waals surface area contributed by atoms with Crippen LogP contribution >= 0.6 is 0 Å². The van der Waals surface area contributed by atoms with Crippen molar-refractivity contribution in [2.45, 2.75) is 26.3 Å². The number of nitrogens with one attached hydrogen (secondary N) is 1. The summed E-state index contributed by atoms with van der Waals surface area (Å²) in [6.07, 6.45) is 3.90. The molecule has 0 bridgehead atoms. The predicted octanol–water partition coefficient (Wildman–Crippen LogP) is 3.48. The number of benzene rings is 1. The molecule has 0 amide bonds. The van der Waals surface area contributed by atoms with E-state index < -0.39 is 0 Å². The predicted molar refractivity (Wildman–Crippen MR) is 80.6 cm³/mol. The summed E-state index contributed by atoms with van der Waals surface area (Å²) in [5.41, 5.74) is 1.81. The van der Waals surface area contributed by atoms with Gasteiger partial charge in [0.2, 0.25) is 0 Å². The molecule has 5 nitrogen and oxygen atoms in total. The van der Waals surface area contributed by atoms with Crippen LogP contribution < -0.4 is 9.88 Å². The minimum atomic E-state index is -0.0126. The van der Waals surface area contributed by atoms with Gasteiger partial charge in [0.25, 0.3) is 0 Å². The van der Waals surface area contributed by atoms with Gasteiger partial charge in [-0.15, -0.1) is 0 Å². The third-order valence-electron chi connectivity index (χ3n) is 2.81. The number of aryl methyl sites for hydroxylation is 2. The molecule has 1 heterocycles. The maximum absolute atomic E-state index is 4.38. The number of anilines is 1. The molecular formula is C15H22N5+. The summed E-state index contributed by atoms with van der Waals surface area (Å²) < 4.78 is 3.87. The number of nitrogens with zero attached hydrogens (tertiary/aromatic N) is 4. The molecule has 0 atom stereocenters. The van der Waals surface area contributed by atoms with E-state index in [4.69, 9.17) is 0 Å². The first-order chi connectivity index (χ1) is 9.37. The molecule has 1 N–H and O–H groups in total. The largest absolute Gasteiger partial charge is 0.421 e. The quantitative estimate of drug-likeness (QED) is 0.675. The summed E-state index contributed by atoms with van der Waals surface area (Å²) in [6, 6.07) is 7.94. The van der Waals surface area contributed by atoms with Gasteiger partial charge >= 0.3 is 5.95 Å². The highest BCUT2D eigenvalue weighted by Gasteiger charge is 2.14. The number of hydrogen-bond donors (Lipinski definition) is 1. The normalized spacial score (nSPS) is 12.1. The van der Waals surface area contributed by atoms with Crippen molar-refractivity contribution in [2.75, 3.05) is 5.32 Å². The summed E-state index contributed by atoms with van der Waals surface area (Å²) in [6.45, 7) is 6.37. The van der Waals surface area contributed by atoms with Crippen LogP contribution in [0.4, 0.5) is 17.3 Å². The summed E-state index contributed by atoms with van der Waals surface area (Å²) in [7, 11) is 3.90. The lowest BCUT2D eigenvalue weighted by Gasteiger charge is -2.22. The number of hydrogen-bond acceptors (Lipinski definition) is 3. The van der Waals surface area contributed by atoms with E-state index in [9.17, 15) is 0 Å². The number of aromatic nitrogens is 2. The van der Waals surface area contributed by atoms with Gasteiger partial charge in [-0.05, 0) is 32.9 Å². The zero-order valence-electron chi connectivity index (χ0n) is 12.8. The molecule has 106 valence electrons. The van der Waals surface area contributed by atoms with E-state index >= 15 is 0 Å². The van der Waals surface area contributed by atoms with Crippen molar-refractivity contribution in [3.8, 4) is 0 Å². The van der Waals surface area contributed by atoms with Crippen LogP contribution in [0, 0.1) is 0 Å². The van der Waals surface area contributed by atoms with Gasteiger partial charge in [0.15, 0.2) is 0 Å². The van der Waals surface area contributed by atoms with Crippen LogP contribution in [-0.2, 0) is 14.1 Å². The van der Waals surface area contributed by atoms with Crippen molar-refractivity contribution < 1.29 is 4.57 Å². The third-order valence-corrected chi connectivity index (χ3v) is 2.81. The molecule has 0 saturated carbocycles. The lowest BCUT2D eigenvalue weighted by molar-refractivity contribution is -0.657. The van der Waals surface area contributed by atoms with Crippen LogP contribution in [0.3, 0.4) is 0 Å². The smallest absolute Gasteiger partial charge is 0.379 e. The van der Waals surface area contributed by atoms with Crippen LogP contribution in [0.1, 0.15) is 20.8 Å². The second kappa shape index (κ2) is 5.45. The molecular weight excluding hydrogens is 250 g/mol. The zero-order valence-corrected chi connectivity index (χ0v) is 12.8. The Morgan fingerprint density at radius 3 is 2.45 bits per heavy atom. The van der Waals surface area contributed by atoms with Crippen LogP contribution in [0.2, 0.25) is 0 Å². The van der Waals surface area contributed by atoms with Gasteiger partial charge in [0, 0.05) is 10.7 Å². The van der Waals surface area contributed by atoms with Crippen LogP contribution in [-0.4, -0.2) is 10.1 Å². The summed E-state index contributed by atoms with van der Waals surface area (Å²) in [5, 5.41) is 12.2. The van der Waals surface area contributed by atoms with Crippen LogP contribution in [0.25, 0.3) is 0 Å². The van der Waals surface area contributed by atoms with E-state index in [0.717, 1.165) is 17.3 Å². The zero-order chi connectivity index (χ0) is 14.8. The van der Waals surface area contributed by atoms with Crippen LogP contribution in [0.15, 0.2) is 46.9 Å². The molecule has 1 aromatic carbocycles. The van der Waals surface area contributed by atoms with E-state index in [2.05, 4.69) is 36.3 Å². The molecule has 0 saturated heterocycles. The highest BCUT2D eigenvalue weighted by molar-refractivity contribution is 5.65. The molecule has 0 fully saturated rings.